The van der Waals surface area contributed by atoms with Gasteiger partial charge in [0.1, 0.15) is 0 Å². The molecule has 1 aromatic heterocycles. The van der Waals surface area contributed by atoms with Gasteiger partial charge in [-0.3, -0.25) is 0 Å². The van der Waals surface area contributed by atoms with E-state index in [0.717, 1.165) is 11.9 Å². The summed E-state index contributed by atoms with van der Waals surface area (Å²) < 4.78 is 0. The van der Waals surface area contributed by atoms with Crippen molar-refractivity contribution in [3.05, 3.63) is 78.4 Å². The first-order valence-corrected chi connectivity index (χ1v) is 11.5. The van der Waals surface area contributed by atoms with Crippen LogP contribution in [-0.4, -0.2) is 4.98 Å². The van der Waals surface area contributed by atoms with Crippen LogP contribution in [0, 0.1) is 0 Å². The molecule has 0 saturated carbocycles. The minimum atomic E-state index is 1.09. The number of fused-ring (bicyclic) bond motifs is 3. The Balaban J connectivity index is 1.64. The summed E-state index contributed by atoms with van der Waals surface area (Å²) in [5.41, 5.74) is 10.4. The van der Waals surface area contributed by atoms with E-state index in [1.165, 1.54) is 83.0 Å². The monoisotopic (exact) mass is 391 g/mol. The Morgan fingerprint density at radius 3 is 2.17 bits per heavy atom. The van der Waals surface area contributed by atoms with Gasteiger partial charge in [0.25, 0.3) is 0 Å². The van der Waals surface area contributed by atoms with Gasteiger partial charge in [0, 0.05) is 10.9 Å². The lowest BCUT2D eigenvalue weighted by atomic mass is 9.91. The molecule has 0 aliphatic heterocycles. The number of aromatic nitrogens is 1. The molecule has 0 fully saturated rings. The van der Waals surface area contributed by atoms with Gasteiger partial charge in [-0.2, -0.15) is 0 Å². The highest BCUT2D eigenvalue weighted by Gasteiger charge is 2.26. The summed E-state index contributed by atoms with van der Waals surface area (Å²) in [5.74, 6) is 0. The van der Waals surface area contributed by atoms with Crippen molar-refractivity contribution in [2.45, 2.75) is 51.9 Å². The topological polar surface area (TPSA) is 12.9 Å². The van der Waals surface area contributed by atoms with Crippen LogP contribution in [0.4, 0.5) is 0 Å². The van der Waals surface area contributed by atoms with Crippen LogP contribution in [0.15, 0.2) is 72.8 Å². The molecule has 5 rings (SSSR count). The number of benzene rings is 3. The van der Waals surface area contributed by atoms with Crippen molar-refractivity contribution >= 4 is 10.9 Å². The first kappa shape index (κ1) is 19.1. The van der Waals surface area contributed by atoms with Gasteiger partial charge in [-0.15, -0.1) is 0 Å². The Kier molecular flexibility index (Phi) is 5.36. The van der Waals surface area contributed by atoms with E-state index in [2.05, 4.69) is 79.7 Å². The van der Waals surface area contributed by atoms with E-state index in [-0.39, 0.29) is 0 Å². The zero-order chi connectivity index (χ0) is 20.3. The van der Waals surface area contributed by atoms with Crippen LogP contribution in [-0.2, 0) is 6.42 Å². The zero-order valence-corrected chi connectivity index (χ0v) is 17.8. The fraction of sp³-hybridized carbons (Fsp3) is 0.276. The summed E-state index contributed by atoms with van der Waals surface area (Å²) in [7, 11) is 0. The van der Waals surface area contributed by atoms with Gasteiger partial charge in [-0.05, 0) is 46.7 Å². The third-order valence-electron chi connectivity index (χ3n) is 6.43. The Hall–Kier alpha value is -2.93. The van der Waals surface area contributed by atoms with E-state index >= 15 is 0 Å². The molecule has 1 heterocycles. The average molecular weight is 392 g/mol. The maximum Gasteiger partial charge on any atom is 0.0747 e. The van der Waals surface area contributed by atoms with Crippen LogP contribution in [0.5, 0.6) is 0 Å². The van der Waals surface area contributed by atoms with Crippen molar-refractivity contribution < 1.29 is 0 Å². The smallest absolute Gasteiger partial charge is 0.0747 e. The molecule has 0 radical (unpaired) electrons. The summed E-state index contributed by atoms with van der Waals surface area (Å²) in [5, 5.41) is 1.35. The van der Waals surface area contributed by atoms with Crippen LogP contribution >= 0.6 is 0 Å². The number of rotatable bonds is 8. The fourth-order valence-corrected chi connectivity index (χ4v) is 4.97. The SMILES string of the molecule is CCCCCCCCc1c(-c2ccccc2)nc2cccc3c2c1-c1ccccc1-3. The minimum Gasteiger partial charge on any atom is -0.247 e. The predicted octanol–water partition coefficient (Wildman–Crippen LogP) is 8.45. The Morgan fingerprint density at radius 1 is 0.633 bits per heavy atom. The third kappa shape index (κ3) is 3.33. The molecule has 1 aliphatic rings. The maximum absolute atomic E-state index is 5.22. The predicted molar refractivity (Wildman–Crippen MR) is 129 cm³/mol. The molecule has 0 amide bonds. The van der Waals surface area contributed by atoms with Crippen LogP contribution in [0.1, 0.15) is 51.0 Å². The summed E-state index contributed by atoms with van der Waals surface area (Å²) >= 11 is 0. The first-order chi connectivity index (χ1) is 14.9. The van der Waals surface area contributed by atoms with Crippen LogP contribution in [0.25, 0.3) is 44.4 Å². The molecule has 0 N–H and O–H groups in total. The van der Waals surface area contributed by atoms with Gasteiger partial charge in [-0.25, -0.2) is 4.98 Å². The second-order valence-corrected chi connectivity index (χ2v) is 8.44. The standard InChI is InChI=1S/C29H29N/c1-2-3-4-5-6-10-18-25-27-23-17-12-11-16-22(23)24-19-13-20-26(28(24)27)30-29(25)21-14-8-7-9-15-21/h7-9,11-17,19-20H,2-6,10,18H2,1H3. The normalized spacial score (nSPS) is 11.8. The molecule has 0 bridgehead atoms. The van der Waals surface area contributed by atoms with Crippen molar-refractivity contribution in [2.24, 2.45) is 0 Å². The number of pyridine rings is 1. The number of nitrogens with zero attached hydrogens (tertiary/aromatic N) is 1. The Bertz CT molecular complexity index is 1170. The van der Waals surface area contributed by atoms with Crippen LogP contribution in [0.3, 0.4) is 0 Å². The van der Waals surface area contributed by atoms with E-state index in [9.17, 15) is 0 Å². The lowest BCUT2D eigenvalue weighted by molar-refractivity contribution is 0.608. The van der Waals surface area contributed by atoms with Crippen LogP contribution < -0.4 is 0 Å². The van der Waals surface area contributed by atoms with Gasteiger partial charge in [0.15, 0.2) is 0 Å². The van der Waals surface area contributed by atoms with E-state index in [1.54, 1.807) is 0 Å². The van der Waals surface area contributed by atoms with Crippen molar-refractivity contribution in [3.8, 4) is 33.5 Å². The number of hydrogen-bond donors (Lipinski definition) is 0. The van der Waals surface area contributed by atoms with Gasteiger partial charge in [0.05, 0.1) is 11.2 Å². The highest BCUT2D eigenvalue weighted by molar-refractivity contribution is 6.16. The fourth-order valence-electron chi connectivity index (χ4n) is 4.97. The molecule has 4 aromatic rings. The minimum absolute atomic E-state index is 1.09. The maximum atomic E-state index is 5.22. The van der Waals surface area contributed by atoms with Gasteiger partial charge in [-0.1, -0.05) is 106 Å². The average Bonchev–Trinajstić information content (AvgIpc) is 3.14. The zero-order valence-electron chi connectivity index (χ0n) is 17.8. The molecule has 150 valence electrons. The van der Waals surface area contributed by atoms with Crippen LogP contribution in [0.2, 0.25) is 0 Å². The first-order valence-electron chi connectivity index (χ1n) is 11.5. The molecule has 30 heavy (non-hydrogen) atoms. The van der Waals surface area contributed by atoms with Crippen molar-refractivity contribution in [1.82, 2.24) is 4.98 Å². The van der Waals surface area contributed by atoms with Gasteiger partial charge < -0.3 is 0 Å². The van der Waals surface area contributed by atoms with Crippen molar-refractivity contribution in [2.75, 3.05) is 0 Å². The number of hydrogen-bond acceptors (Lipinski definition) is 1. The molecule has 1 aliphatic carbocycles. The van der Waals surface area contributed by atoms with E-state index in [1.807, 2.05) is 0 Å². The molecule has 0 spiro atoms. The van der Waals surface area contributed by atoms with E-state index in [4.69, 9.17) is 4.98 Å². The summed E-state index contributed by atoms with van der Waals surface area (Å²) in [6.07, 6.45) is 8.98. The molecule has 1 nitrogen and oxygen atoms in total. The summed E-state index contributed by atoms with van der Waals surface area (Å²) in [6, 6.07) is 26.2. The molecule has 3 aromatic carbocycles. The number of unbranched alkanes of at least 4 members (excludes halogenated alkanes) is 5. The highest BCUT2D eigenvalue weighted by atomic mass is 14.7. The third-order valence-corrected chi connectivity index (χ3v) is 6.43. The van der Waals surface area contributed by atoms with Crippen molar-refractivity contribution in [3.63, 3.8) is 0 Å². The lowest BCUT2D eigenvalue weighted by Crippen LogP contribution is -1.99. The largest absolute Gasteiger partial charge is 0.247 e. The van der Waals surface area contributed by atoms with E-state index < -0.39 is 0 Å². The lowest BCUT2D eigenvalue weighted by Gasteiger charge is -2.16. The quantitative estimate of drug-likeness (QED) is 0.242. The molecular weight excluding hydrogens is 362 g/mol. The molecular formula is C29H29N. The molecule has 0 unspecified atom stereocenters. The van der Waals surface area contributed by atoms with Crippen molar-refractivity contribution in [1.29, 1.82) is 0 Å². The Labute approximate surface area is 179 Å². The Morgan fingerprint density at radius 2 is 1.33 bits per heavy atom. The van der Waals surface area contributed by atoms with E-state index in [0.29, 0.717) is 0 Å². The summed E-state index contributed by atoms with van der Waals surface area (Å²) in [4.78, 5) is 5.22. The van der Waals surface area contributed by atoms with Gasteiger partial charge in [0.2, 0.25) is 0 Å². The molecule has 0 atom stereocenters. The highest BCUT2D eigenvalue weighted by Crippen LogP contribution is 2.50. The molecule has 0 saturated heterocycles. The summed E-state index contributed by atoms with van der Waals surface area (Å²) in [6.45, 7) is 2.28. The molecule has 1 heteroatoms. The second kappa shape index (κ2) is 8.44. The van der Waals surface area contributed by atoms with Gasteiger partial charge >= 0.3 is 0 Å². The second-order valence-electron chi connectivity index (χ2n) is 8.44.